The third kappa shape index (κ3) is 5.93. The van der Waals surface area contributed by atoms with Crippen molar-refractivity contribution >= 4 is 51.3 Å². The molecule has 0 atom stereocenters. The molecule has 5 aromatic rings. The van der Waals surface area contributed by atoms with Gasteiger partial charge >= 0.3 is 0 Å². The van der Waals surface area contributed by atoms with E-state index in [4.69, 9.17) is 4.42 Å². The van der Waals surface area contributed by atoms with E-state index in [0.717, 1.165) is 11.2 Å². The first-order valence-electron chi connectivity index (χ1n) is 22.2. The Bertz CT molecular complexity index is 2420. The monoisotopic (exact) mass is 758 g/mol. The number of rotatable bonds is 2. The fourth-order valence-corrected chi connectivity index (χ4v) is 11.4. The molecule has 0 saturated heterocycles. The van der Waals surface area contributed by atoms with Gasteiger partial charge in [0, 0.05) is 22.4 Å². The smallest absolute Gasteiger partial charge is 0.291 e. The van der Waals surface area contributed by atoms with Crippen LogP contribution in [0, 0.1) is 0 Å². The third-order valence-corrected chi connectivity index (χ3v) is 15.9. The highest BCUT2D eigenvalue weighted by molar-refractivity contribution is 6.97. The Morgan fingerprint density at radius 2 is 0.947 bits per heavy atom. The number of fused-ring (bicyclic) bond motifs is 6. The minimum absolute atomic E-state index is 0.00174. The Morgan fingerprint density at radius 1 is 0.474 bits per heavy atom. The van der Waals surface area contributed by atoms with E-state index < -0.39 is 0 Å². The van der Waals surface area contributed by atoms with Gasteiger partial charge in [-0.2, -0.15) is 0 Å². The van der Waals surface area contributed by atoms with Crippen LogP contribution >= 0.6 is 0 Å². The molecule has 57 heavy (non-hydrogen) atoms. The van der Waals surface area contributed by atoms with Crippen molar-refractivity contribution < 1.29 is 4.42 Å². The van der Waals surface area contributed by atoms with Gasteiger partial charge in [0.25, 0.3) is 6.71 Å². The second-order valence-corrected chi connectivity index (χ2v) is 23.9. The number of anilines is 3. The molecule has 0 N–H and O–H groups in total. The molecule has 2 nitrogen and oxygen atoms in total. The van der Waals surface area contributed by atoms with Crippen LogP contribution in [0.2, 0.25) is 0 Å². The SMILES string of the molecule is CC(C)(C)c1ccc2c(c1)N(c1ccc3c(c1)C(C)(C)CCC3(C)C)c1cc3c(cc1B2c1cc2cc4c(cc2o1)C(C)(C)CCC4(C)C)C(C)(C)CCC3(C)C. The summed E-state index contributed by atoms with van der Waals surface area (Å²) in [6, 6.07) is 27.4. The Labute approximate surface area is 345 Å². The quantitative estimate of drug-likeness (QED) is 0.164. The minimum Gasteiger partial charge on any atom is -0.470 e. The van der Waals surface area contributed by atoms with Gasteiger partial charge in [0.1, 0.15) is 5.58 Å². The van der Waals surface area contributed by atoms with Crippen molar-refractivity contribution in [1.29, 1.82) is 0 Å². The molecule has 3 heteroatoms. The van der Waals surface area contributed by atoms with E-state index in [2.05, 4.69) is 175 Å². The molecule has 3 aliphatic carbocycles. The molecule has 4 aliphatic rings. The van der Waals surface area contributed by atoms with Gasteiger partial charge in [-0.3, -0.25) is 0 Å². The summed E-state index contributed by atoms with van der Waals surface area (Å²) < 4.78 is 7.23. The highest BCUT2D eigenvalue weighted by Crippen LogP contribution is 2.52. The second-order valence-electron chi connectivity index (χ2n) is 23.9. The van der Waals surface area contributed by atoms with Crippen molar-refractivity contribution in [3.8, 4) is 0 Å². The zero-order valence-corrected chi connectivity index (χ0v) is 38.0. The number of nitrogens with zero attached hydrogens (tertiary/aromatic N) is 1. The first-order valence-corrected chi connectivity index (χ1v) is 22.2. The summed E-state index contributed by atoms with van der Waals surface area (Å²) in [4.78, 5) is 2.65. The molecule has 0 saturated carbocycles. The Morgan fingerprint density at radius 3 is 1.51 bits per heavy atom. The molecular formula is C54H68BNO. The molecule has 0 fully saturated rings. The lowest BCUT2D eigenvalue weighted by Crippen LogP contribution is -2.57. The van der Waals surface area contributed by atoms with Crippen molar-refractivity contribution in [1.82, 2.24) is 0 Å². The Balaban J connectivity index is 1.35. The first kappa shape index (κ1) is 38.8. The summed E-state index contributed by atoms with van der Waals surface area (Å²) in [5, 5.41) is 1.23. The van der Waals surface area contributed by atoms with Crippen molar-refractivity contribution in [3.63, 3.8) is 0 Å². The maximum atomic E-state index is 7.23. The standard InChI is InChI=1S/C54H68BNO/c1-48(2,3)34-16-19-42-44(28-34)56(35-17-18-36-38(29-35)51(8,9)21-20-49(36,4)5)45-31-40-39(52(10,11)23-24-53(40,12)13)30-43(45)55(42)47-27-33-26-37-41(32-46(33)57-47)54(14,15)25-22-50(37,6)7/h16-19,26-32H,20-25H2,1-15H3. The van der Waals surface area contributed by atoms with Crippen LogP contribution < -0.4 is 21.5 Å². The highest BCUT2D eigenvalue weighted by atomic mass is 16.3. The van der Waals surface area contributed by atoms with Crippen LogP contribution in [-0.4, -0.2) is 6.71 Å². The molecule has 0 radical (unpaired) electrons. The molecule has 1 aromatic heterocycles. The van der Waals surface area contributed by atoms with Crippen LogP contribution in [0.5, 0.6) is 0 Å². The molecule has 0 bridgehead atoms. The largest absolute Gasteiger partial charge is 0.470 e. The lowest BCUT2D eigenvalue weighted by atomic mass is 9.36. The summed E-state index contributed by atoms with van der Waals surface area (Å²) in [5.41, 5.74) is 19.6. The van der Waals surface area contributed by atoms with Crippen LogP contribution in [0.4, 0.5) is 17.1 Å². The van der Waals surface area contributed by atoms with E-state index in [0.29, 0.717) is 0 Å². The van der Waals surface area contributed by atoms with Crippen LogP contribution in [0.1, 0.15) is 181 Å². The van der Waals surface area contributed by atoms with Gasteiger partial charge in [-0.05, 0) is 169 Å². The van der Waals surface area contributed by atoms with Gasteiger partial charge < -0.3 is 9.32 Å². The zero-order valence-electron chi connectivity index (χ0n) is 38.0. The van der Waals surface area contributed by atoms with Crippen molar-refractivity contribution in [3.05, 3.63) is 106 Å². The lowest BCUT2D eigenvalue weighted by Gasteiger charge is -2.46. The maximum absolute atomic E-state index is 7.23. The van der Waals surface area contributed by atoms with E-state index in [-0.39, 0.29) is 44.6 Å². The summed E-state index contributed by atoms with van der Waals surface area (Å²) in [7, 11) is 0. The minimum atomic E-state index is -0.0372. The van der Waals surface area contributed by atoms with E-state index in [1.165, 1.54) is 111 Å². The Hall–Kier alpha value is -3.72. The molecule has 9 rings (SSSR count). The molecule has 0 spiro atoms. The fraction of sp³-hybridized carbons (Fsp3) is 0.519. The van der Waals surface area contributed by atoms with Crippen molar-refractivity contribution in [2.75, 3.05) is 4.90 Å². The average Bonchev–Trinajstić information content (AvgIpc) is 3.54. The van der Waals surface area contributed by atoms with Gasteiger partial charge in [0.05, 0.1) is 5.66 Å². The molecule has 4 aromatic carbocycles. The number of furan rings is 1. The molecule has 2 heterocycles. The summed E-state index contributed by atoms with van der Waals surface area (Å²) >= 11 is 0. The predicted molar refractivity (Wildman–Crippen MR) is 247 cm³/mol. The summed E-state index contributed by atoms with van der Waals surface area (Å²) in [6.45, 7) is 36.4. The van der Waals surface area contributed by atoms with E-state index in [1.54, 1.807) is 0 Å². The molecule has 298 valence electrons. The average molecular weight is 758 g/mol. The van der Waals surface area contributed by atoms with Crippen LogP contribution in [0.3, 0.4) is 0 Å². The van der Waals surface area contributed by atoms with E-state index in [1.807, 2.05) is 0 Å². The van der Waals surface area contributed by atoms with E-state index >= 15 is 0 Å². The maximum Gasteiger partial charge on any atom is 0.291 e. The highest BCUT2D eigenvalue weighted by Gasteiger charge is 2.45. The topological polar surface area (TPSA) is 16.4 Å². The lowest BCUT2D eigenvalue weighted by molar-refractivity contribution is 0.332. The first-order chi connectivity index (χ1) is 26.3. The molecule has 0 unspecified atom stereocenters. The van der Waals surface area contributed by atoms with E-state index in [9.17, 15) is 0 Å². The van der Waals surface area contributed by atoms with Crippen LogP contribution in [0.25, 0.3) is 11.0 Å². The van der Waals surface area contributed by atoms with Crippen molar-refractivity contribution in [2.24, 2.45) is 0 Å². The normalized spacial score (nSPS) is 21.9. The third-order valence-electron chi connectivity index (χ3n) is 15.9. The molecule has 0 amide bonds. The number of hydrogen-bond acceptors (Lipinski definition) is 2. The molecule has 1 aliphatic heterocycles. The van der Waals surface area contributed by atoms with Gasteiger partial charge in [-0.15, -0.1) is 0 Å². The van der Waals surface area contributed by atoms with Crippen LogP contribution in [-0.2, 0) is 37.9 Å². The van der Waals surface area contributed by atoms with Gasteiger partial charge in [-0.25, -0.2) is 0 Å². The van der Waals surface area contributed by atoms with Gasteiger partial charge in [0.15, 0.2) is 0 Å². The second kappa shape index (κ2) is 11.9. The van der Waals surface area contributed by atoms with Crippen molar-refractivity contribution in [2.45, 2.75) is 180 Å². The molecular weight excluding hydrogens is 689 g/mol. The number of hydrogen-bond donors (Lipinski definition) is 0. The van der Waals surface area contributed by atoms with Gasteiger partial charge in [0.2, 0.25) is 0 Å². The summed E-state index contributed by atoms with van der Waals surface area (Å²) in [5.74, 6) is 0. The number of benzene rings is 4. The van der Waals surface area contributed by atoms with Gasteiger partial charge in [-0.1, -0.05) is 128 Å². The fourth-order valence-electron chi connectivity index (χ4n) is 11.4. The summed E-state index contributed by atoms with van der Waals surface area (Å²) in [6.07, 6.45) is 7.17. The predicted octanol–water partition coefficient (Wildman–Crippen LogP) is 13.1. The Kier molecular flexibility index (Phi) is 8.13. The van der Waals surface area contributed by atoms with Crippen LogP contribution in [0.15, 0.2) is 71.1 Å². The zero-order chi connectivity index (χ0) is 41.0.